The van der Waals surface area contributed by atoms with Gasteiger partial charge in [-0.25, -0.2) is 4.39 Å². The van der Waals surface area contributed by atoms with Crippen molar-refractivity contribution >= 4 is 21.6 Å². The van der Waals surface area contributed by atoms with Crippen molar-refractivity contribution in [3.05, 3.63) is 32.5 Å². The Morgan fingerprint density at radius 1 is 1.58 bits per heavy atom. The molecule has 0 spiro atoms. The number of rotatable bonds is 1. The van der Waals surface area contributed by atoms with Crippen LogP contribution in [-0.4, -0.2) is 10.0 Å². The molecule has 0 atom stereocenters. The van der Waals surface area contributed by atoms with Crippen LogP contribution < -0.4 is 0 Å². The molecule has 0 aliphatic heterocycles. The summed E-state index contributed by atoms with van der Waals surface area (Å²) in [7, 11) is 0. The molecule has 4 nitrogen and oxygen atoms in total. The van der Waals surface area contributed by atoms with Crippen molar-refractivity contribution in [2.75, 3.05) is 0 Å². The fourth-order valence-corrected chi connectivity index (χ4v) is 1.08. The van der Waals surface area contributed by atoms with E-state index in [9.17, 15) is 14.5 Å². The lowest BCUT2D eigenvalue weighted by Crippen LogP contribution is -1.89. The molecule has 0 fully saturated rings. The average Bonchev–Trinajstić information content (AvgIpc) is 1.99. The van der Waals surface area contributed by atoms with Gasteiger partial charge in [-0.1, -0.05) is 0 Å². The first-order chi connectivity index (χ1) is 5.52. The van der Waals surface area contributed by atoms with Crippen LogP contribution >= 0.6 is 15.9 Å². The summed E-state index contributed by atoms with van der Waals surface area (Å²) in [5, 5.41) is 19.0. The fourth-order valence-electron chi connectivity index (χ4n) is 0.658. The third kappa shape index (κ3) is 1.53. The van der Waals surface area contributed by atoms with Crippen LogP contribution in [0.3, 0.4) is 0 Å². The summed E-state index contributed by atoms with van der Waals surface area (Å²) in [5.41, 5.74) is -0.405. The van der Waals surface area contributed by atoms with Crippen LogP contribution in [0.25, 0.3) is 0 Å². The van der Waals surface area contributed by atoms with Crippen molar-refractivity contribution in [2.24, 2.45) is 0 Å². The Kier molecular flexibility index (Phi) is 2.27. The second kappa shape index (κ2) is 3.06. The highest BCUT2D eigenvalue weighted by molar-refractivity contribution is 9.10. The number of halogens is 2. The van der Waals surface area contributed by atoms with Gasteiger partial charge in [-0.2, -0.15) is 0 Å². The number of nitrogens with zero attached hydrogens (tertiary/aromatic N) is 1. The van der Waals surface area contributed by atoms with Crippen LogP contribution in [0, 0.1) is 15.9 Å². The molecule has 0 unspecified atom stereocenters. The highest BCUT2D eigenvalue weighted by atomic mass is 79.9. The largest absolute Gasteiger partial charge is 0.504 e. The second-order valence-corrected chi connectivity index (χ2v) is 2.87. The number of nitro benzene ring substituents is 1. The summed E-state index contributed by atoms with van der Waals surface area (Å²) < 4.78 is 12.6. The smallest absolute Gasteiger partial charge is 0.273 e. The Bertz CT molecular complexity index is 319. The van der Waals surface area contributed by atoms with Gasteiger partial charge in [0.25, 0.3) is 5.69 Å². The van der Waals surface area contributed by atoms with Gasteiger partial charge < -0.3 is 5.11 Å². The molecule has 6 heteroatoms. The van der Waals surface area contributed by atoms with Crippen molar-refractivity contribution in [3.63, 3.8) is 0 Å². The minimum absolute atomic E-state index is 0.0331. The molecule has 0 saturated heterocycles. The van der Waals surface area contributed by atoms with Crippen LogP contribution in [0.2, 0.25) is 0 Å². The quantitative estimate of drug-likeness (QED) is 0.600. The Hall–Kier alpha value is -1.17. The zero-order valence-corrected chi connectivity index (χ0v) is 7.21. The number of hydrogen-bond donors (Lipinski definition) is 1. The molecule has 1 aromatic rings. The van der Waals surface area contributed by atoms with Crippen LogP contribution in [0.5, 0.6) is 5.75 Å². The van der Waals surface area contributed by atoms with E-state index in [0.717, 1.165) is 6.07 Å². The van der Waals surface area contributed by atoms with Gasteiger partial charge in [0.2, 0.25) is 0 Å². The number of benzene rings is 1. The van der Waals surface area contributed by atoms with E-state index in [2.05, 4.69) is 15.9 Å². The third-order valence-corrected chi connectivity index (χ3v) is 1.82. The predicted molar refractivity (Wildman–Crippen MR) is 42.4 cm³/mol. The maximum absolute atomic E-state index is 12.6. The Morgan fingerprint density at radius 2 is 2.17 bits per heavy atom. The van der Waals surface area contributed by atoms with Crippen molar-refractivity contribution in [1.29, 1.82) is 0 Å². The summed E-state index contributed by atoms with van der Waals surface area (Å²) in [5.74, 6) is -1.64. The molecule has 0 saturated carbocycles. The number of phenolic OH excluding ortho intramolecular Hbond substituents is 1. The predicted octanol–water partition coefficient (Wildman–Crippen LogP) is 2.20. The van der Waals surface area contributed by atoms with Crippen molar-refractivity contribution in [3.8, 4) is 5.75 Å². The van der Waals surface area contributed by atoms with Gasteiger partial charge in [0.15, 0.2) is 11.6 Å². The summed E-state index contributed by atoms with van der Waals surface area (Å²) in [6, 6.07) is 1.68. The Morgan fingerprint density at radius 3 is 2.58 bits per heavy atom. The van der Waals surface area contributed by atoms with E-state index in [1.807, 2.05) is 0 Å². The van der Waals surface area contributed by atoms with E-state index in [1.54, 1.807) is 0 Å². The molecule has 0 bridgehead atoms. The van der Waals surface area contributed by atoms with Gasteiger partial charge in [0, 0.05) is 6.07 Å². The molecular weight excluding hydrogens is 233 g/mol. The number of phenols is 1. The van der Waals surface area contributed by atoms with E-state index in [1.165, 1.54) is 0 Å². The van der Waals surface area contributed by atoms with Gasteiger partial charge in [0.05, 0.1) is 15.5 Å². The number of non-ortho nitro benzene ring substituents is 1. The molecule has 1 N–H and O–H groups in total. The maximum atomic E-state index is 12.6. The average molecular weight is 236 g/mol. The number of aromatic hydroxyl groups is 1. The molecule has 12 heavy (non-hydrogen) atoms. The highest BCUT2D eigenvalue weighted by Crippen LogP contribution is 2.30. The lowest BCUT2D eigenvalue weighted by molar-refractivity contribution is -0.385. The van der Waals surface area contributed by atoms with Crippen LogP contribution in [-0.2, 0) is 0 Å². The van der Waals surface area contributed by atoms with Gasteiger partial charge in [-0.15, -0.1) is 0 Å². The number of nitro groups is 1. The number of hydrogen-bond acceptors (Lipinski definition) is 3. The second-order valence-electron chi connectivity index (χ2n) is 2.02. The molecular formula is C6H3BrFNO3. The standard InChI is InChI=1S/C6H3BrFNO3/c7-4-1-3(9(11)12)2-5(8)6(4)10/h1-2,10H. The van der Waals surface area contributed by atoms with Gasteiger partial charge in [-0.05, 0) is 15.9 Å². The highest BCUT2D eigenvalue weighted by Gasteiger charge is 2.13. The van der Waals surface area contributed by atoms with Crippen LogP contribution in [0.4, 0.5) is 10.1 Å². The first kappa shape index (κ1) is 8.92. The molecule has 0 aliphatic rings. The maximum Gasteiger partial charge on any atom is 0.273 e. The molecule has 1 rings (SSSR count). The molecule has 0 radical (unpaired) electrons. The SMILES string of the molecule is O=[N+]([O-])c1cc(F)c(O)c(Br)c1. The monoisotopic (exact) mass is 235 g/mol. The molecule has 0 aromatic heterocycles. The summed E-state index contributed by atoms with van der Waals surface area (Å²) in [6.07, 6.45) is 0. The summed E-state index contributed by atoms with van der Waals surface area (Å²) in [6.45, 7) is 0. The first-order valence-corrected chi connectivity index (χ1v) is 3.64. The lowest BCUT2D eigenvalue weighted by atomic mass is 10.3. The van der Waals surface area contributed by atoms with Crippen molar-refractivity contribution < 1.29 is 14.4 Å². The van der Waals surface area contributed by atoms with Crippen molar-refractivity contribution in [2.45, 2.75) is 0 Å². The van der Waals surface area contributed by atoms with Gasteiger partial charge >= 0.3 is 0 Å². The molecule has 1 aromatic carbocycles. The Labute approximate surface area is 74.9 Å². The van der Waals surface area contributed by atoms with E-state index >= 15 is 0 Å². The van der Waals surface area contributed by atoms with Crippen LogP contribution in [0.1, 0.15) is 0 Å². The van der Waals surface area contributed by atoms with E-state index in [0.29, 0.717) is 6.07 Å². The topological polar surface area (TPSA) is 63.4 Å². The zero-order valence-electron chi connectivity index (χ0n) is 5.62. The molecule has 0 amide bonds. The summed E-state index contributed by atoms with van der Waals surface area (Å²) in [4.78, 5) is 9.41. The zero-order chi connectivity index (χ0) is 9.30. The fraction of sp³-hybridized carbons (Fsp3) is 0. The van der Waals surface area contributed by atoms with Crippen molar-refractivity contribution in [1.82, 2.24) is 0 Å². The first-order valence-electron chi connectivity index (χ1n) is 2.85. The molecule has 0 aliphatic carbocycles. The minimum Gasteiger partial charge on any atom is -0.504 e. The van der Waals surface area contributed by atoms with E-state index < -0.39 is 22.2 Å². The van der Waals surface area contributed by atoms with Gasteiger partial charge in [-0.3, -0.25) is 10.1 Å². The molecule has 64 valence electrons. The third-order valence-electron chi connectivity index (χ3n) is 1.21. The molecule has 0 heterocycles. The van der Waals surface area contributed by atoms with Gasteiger partial charge in [0.1, 0.15) is 0 Å². The minimum atomic E-state index is -1.02. The lowest BCUT2D eigenvalue weighted by Gasteiger charge is -1.97. The normalized spacial score (nSPS) is 9.83. The Balaban J connectivity index is 3.31. The summed E-state index contributed by atoms with van der Waals surface area (Å²) >= 11 is 2.77. The van der Waals surface area contributed by atoms with E-state index in [-0.39, 0.29) is 4.47 Å². The van der Waals surface area contributed by atoms with Crippen LogP contribution in [0.15, 0.2) is 16.6 Å². The van der Waals surface area contributed by atoms with E-state index in [4.69, 9.17) is 5.11 Å².